The molecule has 0 amide bonds. The minimum Gasteiger partial charge on any atom is -0.0984 e. The fourth-order valence-corrected chi connectivity index (χ4v) is 6.01. The van der Waals surface area contributed by atoms with E-state index in [1.807, 2.05) is 30.4 Å². The molecule has 0 atom stereocenters. The van der Waals surface area contributed by atoms with Crippen LogP contribution in [0.2, 0.25) is 0 Å². The van der Waals surface area contributed by atoms with E-state index in [1.54, 1.807) is 0 Å². The number of benzene rings is 6. The van der Waals surface area contributed by atoms with Crippen molar-refractivity contribution in [2.75, 3.05) is 0 Å². The van der Waals surface area contributed by atoms with Gasteiger partial charge in [0.15, 0.2) is 0 Å². The van der Waals surface area contributed by atoms with Crippen molar-refractivity contribution in [3.05, 3.63) is 158 Å². The highest BCUT2D eigenvalue weighted by molar-refractivity contribution is 6.13. The van der Waals surface area contributed by atoms with Crippen molar-refractivity contribution in [3.63, 3.8) is 0 Å². The summed E-state index contributed by atoms with van der Waals surface area (Å²) >= 11 is 0. The Labute approximate surface area is 236 Å². The Morgan fingerprint density at radius 1 is 0.375 bits per heavy atom. The van der Waals surface area contributed by atoms with Gasteiger partial charge in [0.2, 0.25) is 0 Å². The minimum absolute atomic E-state index is 1.05. The Morgan fingerprint density at radius 2 is 0.900 bits per heavy atom. The monoisotopic (exact) mass is 510 g/mol. The molecule has 0 nitrogen and oxygen atoms in total. The third-order valence-corrected chi connectivity index (χ3v) is 7.79. The van der Waals surface area contributed by atoms with Crippen molar-refractivity contribution < 1.29 is 0 Å². The Balaban J connectivity index is 1.68. The van der Waals surface area contributed by atoms with Crippen molar-refractivity contribution in [1.29, 1.82) is 0 Å². The first-order chi connectivity index (χ1) is 19.7. The summed E-state index contributed by atoms with van der Waals surface area (Å²) in [7, 11) is 0. The lowest BCUT2D eigenvalue weighted by molar-refractivity contribution is 1.54. The summed E-state index contributed by atoms with van der Waals surface area (Å²) in [5.41, 5.74) is 11.1. The van der Waals surface area contributed by atoms with Gasteiger partial charge in [-0.3, -0.25) is 0 Å². The quantitative estimate of drug-likeness (QED) is 0.200. The van der Waals surface area contributed by atoms with E-state index < -0.39 is 0 Å². The SMILES string of the molecule is C=Cc1c(-c2ccc3ccccc3c2)ccc(-c2c(C=C)c(C=C)c(-c3ccccc3)c3ccccc23)c1C=C. The summed E-state index contributed by atoms with van der Waals surface area (Å²) < 4.78 is 0. The van der Waals surface area contributed by atoms with E-state index in [-0.39, 0.29) is 0 Å². The highest BCUT2D eigenvalue weighted by atomic mass is 14.2. The van der Waals surface area contributed by atoms with Crippen molar-refractivity contribution in [2.45, 2.75) is 0 Å². The van der Waals surface area contributed by atoms with Gasteiger partial charge in [-0.05, 0) is 83.2 Å². The van der Waals surface area contributed by atoms with Crippen molar-refractivity contribution in [3.8, 4) is 33.4 Å². The van der Waals surface area contributed by atoms with Gasteiger partial charge in [0.25, 0.3) is 0 Å². The van der Waals surface area contributed by atoms with E-state index in [9.17, 15) is 0 Å². The van der Waals surface area contributed by atoms with Crippen LogP contribution in [0.25, 0.3) is 79.2 Å². The number of fused-ring (bicyclic) bond motifs is 2. The molecule has 0 aromatic heterocycles. The van der Waals surface area contributed by atoms with E-state index in [1.165, 1.54) is 27.1 Å². The van der Waals surface area contributed by atoms with Crippen LogP contribution in [0, 0.1) is 0 Å². The maximum atomic E-state index is 4.27. The molecule has 0 aliphatic rings. The maximum Gasteiger partial charge on any atom is -0.00203 e. The fourth-order valence-electron chi connectivity index (χ4n) is 6.01. The fraction of sp³-hybridized carbons (Fsp3) is 0. The van der Waals surface area contributed by atoms with Gasteiger partial charge in [-0.25, -0.2) is 0 Å². The van der Waals surface area contributed by atoms with Crippen LogP contribution in [-0.4, -0.2) is 0 Å². The summed E-state index contributed by atoms with van der Waals surface area (Å²) in [5, 5.41) is 4.78. The molecule has 0 heterocycles. The molecule has 190 valence electrons. The molecule has 0 aliphatic carbocycles. The smallest absolute Gasteiger partial charge is 0.00203 e. The van der Waals surface area contributed by atoms with Crippen LogP contribution in [0.4, 0.5) is 0 Å². The molecule has 6 aromatic rings. The molecule has 6 rings (SSSR count). The van der Waals surface area contributed by atoms with Gasteiger partial charge in [-0.15, -0.1) is 0 Å². The summed E-state index contributed by atoms with van der Waals surface area (Å²) in [5.74, 6) is 0. The molecular formula is C40H30. The highest BCUT2D eigenvalue weighted by Gasteiger charge is 2.21. The molecule has 6 aromatic carbocycles. The maximum absolute atomic E-state index is 4.27. The second kappa shape index (κ2) is 10.5. The first-order valence-corrected chi connectivity index (χ1v) is 13.5. The van der Waals surface area contributed by atoms with Crippen molar-refractivity contribution in [2.24, 2.45) is 0 Å². The van der Waals surface area contributed by atoms with Crippen LogP contribution in [0.3, 0.4) is 0 Å². The molecule has 0 saturated heterocycles. The highest BCUT2D eigenvalue weighted by Crippen LogP contribution is 2.46. The number of rotatable bonds is 7. The zero-order valence-corrected chi connectivity index (χ0v) is 22.5. The topological polar surface area (TPSA) is 0 Å². The Hall–Kier alpha value is -5.20. The molecule has 0 saturated carbocycles. The molecule has 0 aliphatic heterocycles. The lowest BCUT2D eigenvalue weighted by Gasteiger charge is -2.22. The van der Waals surface area contributed by atoms with Gasteiger partial charge < -0.3 is 0 Å². The largest absolute Gasteiger partial charge is 0.0984 e. The third kappa shape index (κ3) is 4.02. The van der Waals surface area contributed by atoms with Crippen molar-refractivity contribution >= 4 is 45.8 Å². The van der Waals surface area contributed by atoms with Gasteiger partial charge in [-0.2, -0.15) is 0 Å². The molecule has 0 N–H and O–H groups in total. The number of hydrogen-bond acceptors (Lipinski definition) is 0. The summed E-state index contributed by atoms with van der Waals surface area (Å²) in [4.78, 5) is 0. The van der Waals surface area contributed by atoms with Gasteiger partial charge >= 0.3 is 0 Å². The summed E-state index contributed by atoms with van der Waals surface area (Å²) in [6, 6.07) is 38.6. The van der Waals surface area contributed by atoms with Crippen LogP contribution >= 0.6 is 0 Å². The molecule has 0 bridgehead atoms. The van der Waals surface area contributed by atoms with Gasteiger partial charge in [0.05, 0.1) is 0 Å². The van der Waals surface area contributed by atoms with Crippen molar-refractivity contribution in [1.82, 2.24) is 0 Å². The van der Waals surface area contributed by atoms with E-state index in [0.717, 1.165) is 50.1 Å². The Kier molecular flexibility index (Phi) is 6.60. The van der Waals surface area contributed by atoms with Crippen LogP contribution in [-0.2, 0) is 0 Å². The summed E-state index contributed by atoms with van der Waals surface area (Å²) in [6.07, 6.45) is 7.83. The van der Waals surface area contributed by atoms with E-state index >= 15 is 0 Å². The first kappa shape index (κ1) is 25.1. The van der Waals surface area contributed by atoms with E-state index in [4.69, 9.17) is 0 Å². The molecular weight excluding hydrogens is 480 g/mol. The van der Waals surface area contributed by atoms with Gasteiger partial charge in [0.1, 0.15) is 0 Å². The zero-order chi connectivity index (χ0) is 27.6. The molecule has 0 radical (unpaired) electrons. The average molecular weight is 511 g/mol. The van der Waals surface area contributed by atoms with Gasteiger partial charge in [0, 0.05) is 0 Å². The minimum atomic E-state index is 1.05. The Morgan fingerprint density at radius 3 is 1.57 bits per heavy atom. The van der Waals surface area contributed by atoms with E-state index in [2.05, 4.69) is 129 Å². The summed E-state index contributed by atoms with van der Waals surface area (Å²) in [6.45, 7) is 17.0. The molecule has 0 unspecified atom stereocenters. The van der Waals surface area contributed by atoms with E-state index in [0.29, 0.717) is 0 Å². The Bertz CT molecular complexity index is 1950. The number of hydrogen-bond donors (Lipinski definition) is 0. The van der Waals surface area contributed by atoms with Crippen LogP contribution < -0.4 is 0 Å². The molecule has 0 spiro atoms. The first-order valence-electron chi connectivity index (χ1n) is 13.5. The van der Waals surface area contributed by atoms with Crippen LogP contribution in [0.5, 0.6) is 0 Å². The lowest BCUT2D eigenvalue weighted by Crippen LogP contribution is -1.99. The second-order valence-corrected chi connectivity index (χ2v) is 9.86. The molecule has 0 heteroatoms. The molecule has 0 fully saturated rings. The standard InChI is InChI=1S/C40H30/c1-5-31-32(6-2)38(25-24-35(31)30-23-22-27-16-12-13-19-29(27)26-30)40-34(8-4)33(7-3)39(28-17-10-9-11-18-28)36-20-14-15-21-37(36)40/h5-26H,1-4H2. The molecule has 40 heavy (non-hydrogen) atoms. The third-order valence-electron chi connectivity index (χ3n) is 7.79. The second-order valence-electron chi connectivity index (χ2n) is 9.86. The van der Waals surface area contributed by atoms with Crippen LogP contribution in [0.15, 0.2) is 136 Å². The predicted molar refractivity (Wildman–Crippen MR) is 178 cm³/mol. The lowest BCUT2D eigenvalue weighted by atomic mass is 9.80. The normalized spacial score (nSPS) is 10.9. The van der Waals surface area contributed by atoms with Gasteiger partial charge in [-0.1, -0.05) is 154 Å². The zero-order valence-electron chi connectivity index (χ0n) is 22.5. The average Bonchev–Trinajstić information content (AvgIpc) is 3.02. The predicted octanol–water partition coefficient (Wildman–Crippen LogP) is 11.6. The van der Waals surface area contributed by atoms with Crippen LogP contribution in [0.1, 0.15) is 22.3 Å².